The van der Waals surface area contributed by atoms with Crippen LogP contribution in [0.25, 0.3) is 0 Å². The second-order valence-corrected chi connectivity index (χ2v) is 4.60. The van der Waals surface area contributed by atoms with Crippen molar-refractivity contribution in [2.45, 2.75) is 31.7 Å². The standard InChI is InChI=1S/C13H20N2O/c1-16-13-4-2-3-11(9-13)8-12(15-14)7-10-5-6-10/h2-4,9-10,12,15H,5-8,14H2,1H3. The van der Waals surface area contributed by atoms with E-state index in [1.807, 2.05) is 12.1 Å². The van der Waals surface area contributed by atoms with Gasteiger partial charge in [-0.15, -0.1) is 0 Å². The summed E-state index contributed by atoms with van der Waals surface area (Å²) in [4.78, 5) is 0. The molecule has 0 amide bonds. The molecule has 0 radical (unpaired) electrons. The molecule has 1 aromatic rings. The number of hydrogen-bond donors (Lipinski definition) is 2. The van der Waals surface area contributed by atoms with Crippen molar-refractivity contribution in [3.63, 3.8) is 0 Å². The van der Waals surface area contributed by atoms with E-state index in [1.54, 1.807) is 7.11 Å². The first kappa shape index (κ1) is 11.4. The van der Waals surface area contributed by atoms with E-state index < -0.39 is 0 Å². The Balaban J connectivity index is 1.94. The summed E-state index contributed by atoms with van der Waals surface area (Å²) in [5.41, 5.74) is 4.20. The fourth-order valence-electron chi connectivity index (χ4n) is 2.05. The third kappa shape index (κ3) is 3.22. The van der Waals surface area contributed by atoms with Gasteiger partial charge >= 0.3 is 0 Å². The fraction of sp³-hybridized carbons (Fsp3) is 0.538. The van der Waals surface area contributed by atoms with E-state index in [1.165, 1.54) is 24.8 Å². The number of methoxy groups -OCH3 is 1. The summed E-state index contributed by atoms with van der Waals surface area (Å²) < 4.78 is 5.21. The van der Waals surface area contributed by atoms with Gasteiger partial charge in [0.2, 0.25) is 0 Å². The number of nitrogens with one attached hydrogen (secondary N) is 1. The van der Waals surface area contributed by atoms with Gasteiger partial charge in [0.05, 0.1) is 7.11 Å². The van der Waals surface area contributed by atoms with Crippen LogP contribution in [0.15, 0.2) is 24.3 Å². The first-order chi connectivity index (χ1) is 7.81. The molecule has 0 spiro atoms. The lowest BCUT2D eigenvalue weighted by molar-refractivity contribution is 0.413. The second-order valence-electron chi connectivity index (χ2n) is 4.60. The van der Waals surface area contributed by atoms with Crippen molar-refractivity contribution in [2.24, 2.45) is 11.8 Å². The molecule has 1 aliphatic carbocycles. The van der Waals surface area contributed by atoms with Gasteiger partial charge in [0.1, 0.15) is 5.75 Å². The van der Waals surface area contributed by atoms with Gasteiger partial charge in [-0.1, -0.05) is 25.0 Å². The number of ether oxygens (including phenoxy) is 1. The molecule has 3 N–H and O–H groups in total. The van der Waals surface area contributed by atoms with Gasteiger partial charge in [0.15, 0.2) is 0 Å². The quantitative estimate of drug-likeness (QED) is 0.568. The van der Waals surface area contributed by atoms with Crippen LogP contribution in [-0.4, -0.2) is 13.2 Å². The van der Waals surface area contributed by atoms with E-state index in [9.17, 15) is 0 Å². The Labute approximate surface area is 97.0 Å². The number of hydrazine groups is 1. The minimum absolute atomic E-state index is 0.389. The summed E-state index contributed by atoms with van der Waals surface area (Å²) in [6, 6.07) is 8.59. The van der Waals surface area contributed by atoms with Crippen molar-refractivity contribution in [1.82, 2.24) is 5.43 Å². The zero-order valence-corrected chi connectivity index (χ0v) is 9.78. The van der Waals surface area contributed by atoms with Crippen molar-refractivity contribution in [2.75, 3.05) is 7.11 Å². The molecule has 88 valence electrons. The predicted octanol–water partition coefficient (Wildman–Crippen LogP) is 1.87. The maximum absolute atomic E-state index is 5.59. The SMILES string of the molecule is COc1cccc(CC(CC2CC2)NN)c1. The molecule has 3 heteroatoms. The molecule has 0 aliphatic heterocycles. The maximum atomic E-state index is 5.59. The van der Waals surface area contributed by atoms with Gasteiger partial charge < -0.3 is 4.74 Å². The summed E-state index contributed by atoms with van der Waals surface area (Å²) in [6.45, 7) is 0. The lowest BCUT2D eigenvalue weighted by atomic mass is 10.0. The Bertz CT molecular complexity index is 336. The van der Waals surface area contributed by atoms with Crippen LogP contribution in [0, 0.1) is 5.92 Å². The highest BCUT2D eigenvalue weighted by Gasteiger charge is 2.24. The van der Waals surface area contributed by atoms with Gasteiger partial charge in [-0.2, -0.15) is 0 Å². The number of rotatable bonds is 6. The van der Waals surface area contributed by atoms with Crippen molar-refractivity contribution in [3.05, 3.63) is 29.8 Å². The Morgan fingerprint density at radius 3 is 2.94 bits per heavy atom. The van der Waals surface area contributed by atoms with Crippen molar-refractivity contribution in [3.8, 4) is 5.75 Å². The Morgan fingerprint density at radius 2 is 2.31 bits per heavy atom. The summed E-state index contributed by atoms with van der Waals surface area (Å²) >= 11 is 0. The summed E-state index contributed by atoms with van der Waals surface area (Å²) in [7, 11) is 1.70. The molecule has 3 nitrogen and oxygen atoms in total. The fourth-order valence-corrected chi connectivity index (χ4v) is 2.05. The topological polar surface area (TPSA) is 47.3 Å². The zero-order chi connectivity index (χ0) is 11.4. The van der Waals surface area contributed by atoms with E-state index >= 15 is 0 Å². The van der Waals surface area contributed by atoms with Crippen molar-refractivity contribution < 1.29 is 4.74 Å². The van der Waals surface area contributed by atoms with Crippen LogP contribution in [0.2, 0.25) is 0 Å². The number of hydrogen-bond acceptors (Lipinski definition) is 3. The molecule has 16 heavy (non-hydrogen) atoms. The van der Waals surface area contributed by atoms with Crippen LogP contribution in [0.3, 0.4) is 0 Å². The van der Waals surface area contributed by atoms with Gasteiger partial charge in [-0.05, 0) is 36.5 Å². The van der Waals surface area contributed by atoms with Gasteiger partial charge in [-0.25, -0.2) is 0 Å². The predicted molar refractivity (Wildman–Crippen MR) is 65.2 cm³/mol. The normalized spacial score (nSPS) is 17.1. The molecule has 1 atom stereocenters. The third-order valence-corrected chi connectivity index (χ3v) is 3.17. The van der Waals surface area contributed by atoms with E-state index in [-0.39, 0.29) is 0 Å². The Morgan fingerprint density at radius 1 is 1.50 bits per heavy atom. The van der Waals surface area contributed by atoms with Crippen LogP contribution < -0.4 is 16.0 Å². The van der Waals surface area contributed by atoms with E-state index in [0.717, 1.165) is 18.1 Å². The highest BCUT2D eigenvalue weighted by atomic mass is 16.5. The molecule has 0 saturated heterocycles. The second kappa shape index (κ2) is 5.32. The first-order valence-electron chi connectivity index (χ1n) is 5.91. The molecule has 1 aliphatic rings. The minimum atomic E-state index is 0.389. The third-order valence-electron chi connectivity index (χ3n) is 3.17. The lowest BCUT2D eigenvalue weighted by Crippen LogP contribution is -2.37. The summed E-state index contributed by atoms with van der Waals surface area (Å²) in [5.74, 6) is 7.40. The molecule has 2 rings (SSSR count). The molecule has 1 unspecified atom stereocenters. The Kier molecular flexibility index (Phi) is 3.80. The van der Waals surface area contributed by atoms with Gasteiger partial charge in [0.25, 0.3) is 0 Å². The average molecular weight is 220 g/mol. The maximum Gasteiger partial charge on any atom is 0.119 e. The molecule has 0 heterocycles. The molecule has 0 aromatic heterocycles. The van der Waals surface area contributed by atoms with Crippen LogP contribution >= 0.6 is 0 Å². The molecule has 1 saturated carbocycles. The number of nitrogens with two attached hydrogens (primary N) is 1. The Hall–Kier alpha value is -1.06. The lowest BCUT2D eigenvalue weighted by Gasteiger charge is -2.15. The molecule has 1 aromatic carbocycles. The monoisotopic (exact) mass is 220 g/mol. The minimum Gasteiger partial charge on any atom is -0.497 e. The molecular weight excluding hydrogens is 200 g/mol. The smallest absolute Gasteiger partial charge is 0.119 e. The highest BCUT2D eigenvalue weighted by molar-refractivity contribution is 5.28. The molecular formula is C13H20N2O. The van der Waals surface area contributed by atoms with Crippen LogP contribution in [0.5, 0.6) is 5.75 Å². The van der Waals surface area contributed by atoms with Gasteiger partial charge in [0, 0.05) is 6.04 Å². The van der Waals surface area contributed by atoms with Crippen LogP contribution in [0.4, 0.5) is 0 Å². The van der Waals surface area contributed by atoms with Crippen LogP contribution in [-0.2, 0) is 6.42 Å². The largest absolute Gasteiger partial charge is 0.497 e. The molecule has 0 bridgehead atoms. The average Bonchev–Trinajstić information content (AvgIpc) is 3.12. The highest BCUT2D eigenvalue weighted by Crippen LogP contribution is 2.34. The van der Waals surface area contributed by atoms with E-state index in [0.29, 0.717) is 6.04 Å². The summed E-state index contributed by atoms with van der Waals surface area (Å²) in [6.07, 6.45) is 4.91. The van der Waals surface area contributed by atoms with E-state index in [4.69, 9.17) is 10.6 Å². The first-order valence-corrected chi connectivity index (χ1v) is 5.91. The zero-order valence-electron chi connectivity index (χ0n) is 9.78. The van der Waals surface area contributed by atoms with Crippen molar-refractivity contribution >= 4 is 0 Å². The van der Waals surface area contributed by atoms with Gasteiger partial charge in [-0.3, -0.25) is 11.3 Å². The van der Waals surface area contributed by atoms with Crippen LogP contribution in [0.1, 0.15) is 24.8 Å². The van der Waals surface area contributed by atoms with Crippen molar-refractivity contribution in [1.29, 1.82) is 0 Å². The summed E-state index contributed by atoms with van der Waals surface area (Å²) in [5, 5.41) is 0. The van der Waals surface area contributed by atoms with E-state index in [2.05, 4.69) is 17.6 Å². The molecule has 1 fully saturated rings. The number of benzene rings is 1.